The zero-order valence-corrected chi connectivity index (χ0v) is 13.5. The Morgan fingerprint density at radius 3 is 2.32 bits per heavy atom. The predicted octanol–water partition coefficient (Wildman–Crippen LogP) is 3.44. The summed E-state index contributed by atoms with van der Waals surface area (Å²) in [5.74, 6) is 0.176. The molecule has 0 fully saturated rings. The van der Waals surface area contributed by atoms with Gasteiger partial charge >= 0.3 is 5.97 Å². The lowest BCUT2D eigenvalue weighted by molar-refractivity contribution is 0.0712. The molecule has 0 aliphatic carbocycles. The van der Waals surface area contributed by atoms with Gasteiger partial charge in [-0.15, -0.1) is 0 Å². The molecule has 0 aromatic heterocycles. The number of hydrogen-bond donors (Lipinski definition) is 1. The van der Waals surface area contributed by atoms with Crippen LogP contribution in [0.15, 0.2) is 18.2 Å². The summed E-state index contributed by atoms with van der Waals surface area (Å²) in [7, 11) is -0.591. The molecule has 4 nitrogen and oxygen atoms in total. The number of nitrogens with two attached hydrogens (primary N) is 1. The highest BCUT2D eigenvalue weighted by atomic mass is 28.4. The predicted molar refractivity (Wildman–Crippen MR) is 80.0 cm³/mol. The summed E-state index contributed by atoms with van der Waals surface area (Å²) in [6, 6.07) is 4.93. The number of carbonyl (C=O) groups is 1. The molecule has 1 aromatic carbocycles. The molecule has 5 heteroatoms. The summed E-state index contributed by atoms with van der Waals surface area (Å²) >= 11 is 0. The normalized spacial score (nSPS) is 12.1. The maximum Gasteiger partial charge on any atom is 0.324 e. The van der Waals surface area contributed by atoms with E-state index in [9.17, 15) is 4.79 Å². The zero-order chi connectivity index (χ0) is 14.8. The van der Waals surface area contributed by atoms with Gasteiger partial charge in [-0.3, -0.25) is 0 Å². The van der Waals surface area contributed by atoms with E-state index >= 15 is 0 Å². The van der Waals surface area contributed by atoms with Crippen molar-refractivity contribution in [3.63, 3.8) is 0 Å². The van der Waals surface area contributed by atoms with E-state index in [-0.39, 0.29) is 11.0 Å². The lowest BCUT2D eigenvalue weighted by Gasteiger charge is -2.35. The van der Waals surface area contributed by atoms with Crippen molar-refractivity contribution in [1.29, 1.82) is 0 Å². The Morgan fingerprint density at radius 1 is 1.26 bits per heavy atom. The van der Waals surface area contributed by atoms with Crippen molar-refractivity contribution in [2.75, 3.05) is 12.8 Å². The Bertz CT molecular complexity index is 478. The van der Waals surface area contributed by atoms with E-state index < -0.39 is 8.32 Å². The van der Waals surface area contributed by atoms with Crippen LogP contribution in [0.1, 0.15) is 31.1 Å². The third-order valence-corrected chi connectivity index (χ3v) is 7.93. The summed E-state index contributed by atoms with van der Waals surface area (Å²) in [6.07, 6.45) is 0. The van der Waals surface area contributed by atoms with Crippen LogP contribution in [-0.4, -0.2) is 21.4 Å². The molecule has 0 unspecified atom stereocenters. The van der Waals surface area contributed by atoms with E-state index in [0.29, 0.717) is 17.0 Å². The first-order chi connectivity index (χ1) is 8.58. The Balaban J connectivity index is 2.96. The van der Waals surface area contributed by atoms with Gasteiger partial charge < -0.3 is 14.9 Å². The molecule has 0 saturated carbocycles. The second-order valence-electron chi connectivity index (χ2n) is 6.11. The summed E-state index contributed by atoms with van der Waals surface area (Å²) in [5, 5.41) is -0.0133. The molecule has 1 rings (SSSR count). The second-order valence-corrected chi connectivity index (χ2v) is 10.8. The number of rotatable bonds is 3. The van der Waals surface area contributed by atoms with Crippen LogP contribution in [0.5, 0.6) is 5.75 Å². The first-order valence-corrected chi connectivity index (χ1v) is 9.16. The molecule has 0 spiro atoms. The van der Waals surface area contributed by atoms with Crippen molar-refractivity contribution in [2.45, 2.75) is 38.9 Å². The van der Waals surface area contributed by atoms with Crippen molar-refractivity contribution in [3.8, 4) is 5.75 Å². The van der Waals surface area contributed by atoms with Crippen molar-refractivity contribution in [2.24, 2.45) is 0 Å². The number of hydrogen-bond acceptors (Lipinski definition) is 4. The van der Waals surface area contributed by atoms with Gasteiger partial charge in [0, 0.05) is 0 Å². The summed E-state index contributed by atoms with van der Waals surface area (Å²) in [6.45, 7) is 10.4. The molecule has 2 N–H and O–H groups in total. The van der Waals surface area contributed by atoms with E-state index in [1.54, 1.807) is 18.2 Å². The minimum absolute atomic E-state index is 0.0133. The molecule has 106 valence electrons. The molecule has 0 aliphatic heterocycles. The van der Waals surface area contributed by atoms with Crippen LogP contribution in [0.3, 0.4) is 0 Å². The maximum atomic E-state index is 12.2. The van der Waals surface area contributed by atoms with E-state index in [0.717, 1.165) is 0 Å². The number of nitrogen functional groups attached to an aromatic ring is 1. The molecule has 0 radical (unpaired) electrons. The Morgan fingerprint density at radius 2 is 1.84 bits per heavy atom. The molecule has 1 aromatic rings. The topological polar surface area (TPSA) is 61.5 Å². The average Bonchev–Trinajstić information content (AvgIpc) is 2.27. The number of methoxy groups -OCH3 is 1. The molecule has 19 heavy (non-hydrogen) atoms. The summed E-state index contributed by atoms with van der Waals surface area (Å²) < 4.78 is 10.8. The van der Waals surface area contributed by atoms with E-state index in [4.69, 9.17) is 14.9 Å². The number of carbonyl (C=O) groups excluding carboxylic acids is 1. The molecular formula is C14H23NO3Si. The fourth-order valence-electron chi connectivity index (χ4n) is 1.28. The van der Waals surface area contributed by atoms with Gasteiger partial charge in [0.05, 0.1) is 18.4 Å². The minimum atomic E-state index is -2.11. The highest BCUT2D eigenvalue weighted by Gasteiger charge is 2.40. The van der Waals surface area contributed by atoms with Gasteiger partial charge in [-0.05, 0) is 36.3 Å². The van der Waals surface area contributed by atoms with Gasteiger partial charge in [-0.1, -0.05) is 20.8 Å². The third kappa shape index (κ3) is 3.50. The Labute approximate surface area is 116 Å². The number of anilines is 1. The Hall–Kier alpha value is -1.49. The van der Waals surface area contributed by atoms with Crippen molar-refractivity contribution < 1.29 is 14.0 Å². The lowest BCUT2D eigenvalue weighted by Crippen LogP contribution is -2.42. The van der Waals surface area contributed by atoms with Gasteiger partial charge in [-0.25, -0.2) is 4.79 Å². The highest BCUT2D eigenvalue weighted by Crippen LogP contribution is 2.37. The highest BCUT2D eigenvalue weighted by molar-refractivity contribution is 6.75. The number of benzene rings is 1. The standard InChI is InChI=1S/C14H23NO3Si/c1-14(2,3)19(5,6)18-13(16)10-7-8-11(15)12(9-10)17-4/h7-9H,15H2,1-6H3. The Kier molecular flexibility index (Phi) is 4.30. The van der Waals surface area contributed by atoms with Gasteiger partial charge in [0.15, 0.2) is 0 Å². The molecule has 0 bridgehead atoms. The molecule has 0 saturated heterocycles. The monoisotopic (exact) mass is 281 g/mol. The molecule has 0 heterocycles. The molecule has 0 atom stereocenters. The fourth-order valence-corrected chi connectivity index (χ4v) is 2.17. The first-order valence-electron chi connectivity index (χ1n) is 6.25. The molecule has 0 aliphatic rings. The van der Waals surface area contributed by atoms with Crippen LogP contribution in [-0.2, 0) is 4.43 Å². The van der Waals surface area contributed by atoms with Crippen LogP contribution in [0, 0.1) is 0 Å². The zero-order valence-electron chi connectivity index (χ0n) is 12.5. The molecular weight excluding hydrogens is 258 g/mol. The van der Waals surface area contributed by atoms with Gasteiger partial charge in [0.25, 0.3) is 8.32 Å². The summed E-state index contributed by atoms with van der Waals surface area (Å²) in [4.78, 5) is 12.2. The van der Waals surface area contributed by atoms with E-state index in [2.05, 4.69) is 20.8 Å². The quantitative estimate of drug-likeness (QED) is 0.681. The third-order valence-electron chi connectivity index (χ3n) is 3.62. The van der Waals surface area contributed by atoms with Gasteiger partial charge in [-0.2, -0.15) is 0 Å². The van der Waals surface area contributed by atoms with Crippen molar-refractivity contribution in [1.82, 2.24) is 0 Å². The fraction of sp³-hybridized carbons (Fsp3) is 0.500. The number of ether oxygens (including phenoxy) is 1. The van der Waals surface area contributed by atoms with E-state index in [1.807, 2.05) is 13.1 Å². The average molecular weight is 281 g/mol. The lowest BCUT2D eigenvalue weighted by atomic mass is 10.2. The SMILES string of the molecule is COc1cc(C(=O)O[Si](C)(C)C(C)(C)C)ccc1N. The van der Waals surface area contributed by atoms with Crippen LogP contribution >= 0.6 is 0 Å². The van der Waals surface area contributed by atoms with Gasteiger partial charge in [0.2, 0.25) is 0 Å². The van der Waals surface area contributed by atoms with Crippen LogP contribution in [0.4, 0.5) is 5.69 Å². The van der Waals surface area contributed by atoms with E-state index in [1.165, 1.54) is 7.11 Å². The summed E-state index contributed by atoms with van der Waals surface area (Å²) in [5.41, 5.74) is 6.70. The van der Waals surface area contributed by atoms with Crippen molar-refractivity contribution >= 4 is 20.0 Å². The second kappa shape index (κ2) is 5.25. The largest absolute Gasteiger partial charge is 0.516 e. The first kappa shape index (κ1) is 15.6. The van der Waals surface area contributed by atoms with Crippen LogP contribution in [0.2, 0.25) is 18.1 Å². The van der Waals surface area contributed by atoms with Crippen LogP contribution < -0.4 is 10.5 Å². The molecule has 0 amide bonds. The smallest absolute Gasteiger partial charge is 0.324 e. The van der Waals surface area contributed by atoms with Crippen LogP contribution in [0.25, 0.3) is 0 Å². The minimum Gasteiger partial charge on any atom is -0.516 e. The maximum absolute atomic E-state index is 12.2. The van der Waals surface area contributed by atoms with Gasteiger partial charge in [0.1, 0.15) is 5.75 Å². The van der Waals surface area contributed by atoms with Crippen molar-refractivity contribution in [3.05, 3.63) is 23.8 Å².